The summed E-state index contributed by atoms with van der Waals surface area (Å²) in [6.07, 6.45) is -4.56. The van der Waals surface area contributed by atoms with Gasteiger partial charge in [0.1, 0.15) is 23.0 Å². The van der Waals surface area contributed by atoms with E-state index in [0.717, 1.165) is 17.7 Å². The van der Waals surface area contributed by atoms with Gasteiger partial charge in [-0.15, -0.1) is 0 Å². The number of methoxy groups -OCH3 is 2. The molecule has 0 aliphatic rings. The van der Waals surface area contributed by atoms with Crippen LogP contribution in [0.3, 0.4) is 0 Å². The van der Waals surface area contributed by atoms with Crippen LogP contribution in [-0.2, 0) is 19.1 Å². The topological polar surface area (TPSA) is 73.3 Å². The fourth-order valence-electron chi connectivity index (χ4n) is 2.92. The Morgan fingerprint density at radius 1 is 1.03 bits per heavy atom. The SMILES string of the molecule is COc1ccc(CNc2cc(C(=O)Cc3ccc(C(F)(F)F)cc3)nc(Cl)n2)c(OC)c1. The lowest BCUT2D eigenvalue weighted by Gasteiger charge is -2.12. The first kappa shape index (κ1) is 23.3. The average Bonchev–Trinajstić information content (AvgIpc) is 2.77. The number of rotatable bonds is 8. The number of nitrogens with zero attached hydrogens (tertiary/aromatic N) is 2. The summed E-state index contributed by atoms with van der Waals surface area (Å²) in [5, 5.41) is 2.93. The van der Waals surface area contributed by atoms with Crippen LogP contribution in [0.25, 0.3) is 0 Å². The van der Waals surface area contributed by atoms with Crippen molar-refractivity contribution in [3.05, 3.63) is 76.2 Å². The molecule has 0 aliphatic carbocycles. The largest absolute Gasteiger partial charge is 0.497 e. The summed E-state index contributed by atoms with van der Waals surface area (Å²) in [7, 11) is 3.09. The van der Waals surface area contributed by atoms with Crippen LogP contribution >= 0.6 is 11.6 Å². The molecule has 0 atom stereocenters. The average molecular weight is 466 g/mol. The minimum atomic E-state index is -4.43. The quantitative estimate of drug-likeness (QED) is 0.364. The van der Waals surface area contributed by atoms with E-state index >= 15 is 0 Å². The molecule has 3 aromatic rings. The van der Waals surface area contributed by atoms with Gasteiger partial charge in [0.25, 0.3) is 0 Å². The summed E-state index contributed by atoms with van der Waals surface area (Å²) in [6.45, 7) is 0.326. The van der Waals surface area contributed by atoms with E-state index in [2.05, 4.69) is 15.3 Å². The smallest absolute Gasteiger partial charge is 0.416 e. The number of alkyl halides is 3. The van der Waals surface area contributed by atoms with Crippen LogP contribution in [0.5, 0.6) is 11.5 Å². The summed E-state index contributed by atoms with van der Waals surface area (Å²) in [5.74, 6) is 1.17. The van der Waals surface area contributed by atoms with Crippen LogP contribution in [-0.4, -0.2) is 30.0 Å². The highest BCUT2D eigenvalue weighted by Crippen LogP contribution is 2.29. The van der Waals surface area contributed by atoms with Crippen molar-refractivity contribution in [2.75, 3.05) is 19.5 Å². The van der Waals surface area contributed by atoms with Gasteiger partial charge in [-0.25, -0.2) is 9.97 Å². The standard InChI is InChI=1S/C22H19ClF3N3O3/c1-31-16-8-5-14(19(10-16)32-2)12-27-20-11-17(28-21(23)29-20)18(30)9-13-3-6-15(7-4-13)22(24,25)26/h3-8,10-11H,9,12H2,1-2H3,(H,27,28,29). The van der Waals surface area contributed by atoms with Crippen molar-refractivity contribution in [1.82, 2.24) is 9.97 Å². The lowest BCUT2D eigenvalue weighted by atomic mass is 10.0. The molecule has 32 heavy (non-hydrogen) atoms. The predicted octanol–water partition coefficient (Wildman–Crippen LogP) is 5.20. The number of halogens is 4. The second-order valence-corrected chi connectivity index (χ2v) is 7.07. The third-order valence-corrected chi connectivity index (χ3v) is 4.75. The Hall–Kier alpha value is -3.33. The molecule has 3 rings (SSSR count). The maximum absolute atomic E-state index is 12.7. The van der Waals surface area contributed by atoms with Crippen LogP contribution in [0.2, 0.25) is 5.28 Å². The number of anilines is 1. The number of carbonyl (C=O) groups excluding carboxylic acids is 1. The van der Waals surface area contributed by atoms with Gasteiger partial charge in [-0.2, -0.15) is 13.2 Å². The Bertz CT molecular complexity index is 1110. The predicted molar refractivity (Wildman–Crippen MR) is 113 cm³/mol. The van der Waals surface area contributed by atoms with Crippen molar-refractivity contribution in [1.29, 1.82) is 0 Å². The Labute approximate surface area is 187 Å². The molecule has 0 saturated heterocycles. The van der Waals surface area contributed by atoms with Crippen molar-refractivity contribution in [2.24, 2.45) is 0 Å². The van der Waals surface area contributed by atoms with Crippen LogP contribution in [0, 0.1) is 0 Å². The molecule has 2 aromatic carbocycles. The molecule has 0 saturated carbocycles. The first-order valence-electron chi connectivity index (χ1n) is 9.38. The van der Waals surface area contributed by atoms with Gasteiger partial charge in [-0.05, 0) is 41.4 Å². The fraction of sp³-hybridized carbons (Fsp3) is 0.227. The fourth-order valence-corrected chi connectivity index (χ4v) is 3.10. The molecule has 0 unspecified atom stereocenters. The molecule has 168 valence electrons. The monoisotopic (exact) mass is 465 g/mol. The molecule has 1 aromatic heterocycles. The first-order chi connectivity index (χ1) is 15.2. The van der Waals surface area contributed by atoms with E-state index in [1.807, 2.05) is 6.07 Å². The van der Waals surface area contributed by atoms with Crippen molar-refractivity contribution in [2.45, 2.75) is 19.1 Å². The number of hydrogen-bond acceptors (Lipinski definition) is 6. The number of nitrogens with one attached hydrogen (secondary N) is 1. The number of hydrogen-bond donors (Lipinski definition) is 1. The molecule has 6 nitrogen and oxygen atoms in total. The van der Waals surface area contributed by atoms with Gasteiger partial charge in [0.2, 0.25) is 5.28 Å². The zero-order valence-electron chi connectivity index (χ0n) is 17.2. The molecule has 0 amide bonds. The number of aromatic nitrogens is 2. The molecule has 0 radical (unpaired) electrons. The number of Topliss-reactive ketones (excluding diaryl/α,β-unsaturated/α-hetero) is 1. The molecule has 1 heterocycles. The van der Waals surface area contributed by atoms with Crippen molar-refractivity contribution >= 4 is 23.2 Å². The third-order valence-electron chi connectivity index (χ3n) is 4.58. The van der Waals surface area contributed by atoms with Gasteiger partial charge in [-0.3, -0.25) is 4.79 Å². The zero-order valence-corrected chi connectivity index (χ0v) is 17.9. The first-order valence-corrected chi connectivity index (χ1v) is 9.76. The van der Waals surface area contributed by atoms with Crippen LogP contribution in [0.15, 0.2) is 48.5 Å². The highest BCUT2D eigenvalue weighted by molar-refractivity contribution is 6.28. The second kappa shape index (κ2) is 9.86. The van der Waals surface area contributed by atoms with E-state index in [9.17, 15) is 18.0 Å². The van der Waals surface area contributed by atoms with E-state index in [-0.39, 0.29) is 17.4 Å². The van der Waals surface area contributed by atoms with Gasteiger partial charge >= 0.3 is 6.18 Å². The highest BCUT2D eigenvalue weighted by atomic mass is 35.5. The molecular weight excluding hydrogens is 447 g/mol. The number of ether oxygens (including phenoxy) is 2. The van der Waals surface area contributed by atoms with E-state index in [1.54, 1.807) is 19.2 Å². The summed E-state index contributed by atoms with van der Waals surface area (Å²) in [5.41, 5.74) is 0.518. The zero-order chi connectivity index (χ0) is 23.3. The normalized spacial score (nSPS) is 11.2. The minimum Gasteiger partial charge on any atom is -0.497 e. The van der Waals surface area contributed by atoms with E-state index in [0.29, 0.717) is 29.4 Å². The lowest BCUT2D eigenvalue weighted by molar-refractivity contribution is -0.137. The molecular formula is C22H19ClF3N3O3. The minimum absolute atomic E-state index is 0.0501. The Morgan fingerprint density at radius 2 is 1.75 bits per heavy atom. The summed E-state index contributed by atoms with van der Waals surface area (Å²) in [6, 6.07) is 11.2. The van der Waals surface area contributed by atoms with E-state index in [1.165, 1.54) is 25.3 Å². The third kappa shape index (κ3) is 5.88. The van der Waals surface area contributed by atoms with Gasteiger partial charge in [0.05, 0.1) is 19.8 Å². The van der Waals surface area contributed by atoms with Crippen LogP contribution < -0.4 is 14.8 Å². The molecule has 0 aliphatic heterocycles. The van der Waals surface area contributed by atoms with Gasteiger partial charge in [0, 0.05) is 30.7 Å². The Balaban J connectivity index is 1.72. The molecule has 0 fully saturated rings. The van der Waals surface area contributed by atoms with Crippen LogP contribution in [0.1, 0.15) is 27.2 Å². The van der Waals surface area contributed by atoms with E-state index < -0.39 is 17.5 Å². The summed E-state index contributed by atoms with van der Waals surface area (Å²) in [4.78, 5) is 20.6. The maximum atomic E-state index is 12.7. The molecule has 1 N–H and O–H groups in total. The van der Waals surface area contributed by atoms with E-state index in [4.69, 9.17) is 21.1 Å². The Morgan fingerprint density at radius 3 is 2.38 bits per heavy atom. The van der Waals surface area contributed by atoms with Crippen molar-refractivity contribution < 1.29 is 27.4 Å². The summed E-state index contributed by atoms with van der Waals surface area (Å²) < 4.78 is 48.6. The van der Waals surface area contributed by atoms with Gasteiger partial charge in [-0.1, -0.05) is 12.1 Å². The van der Waals surface area contributed by atoms with Crippen LogP contribution in [0.4, 0.5) is 19.0 Å². The van der Waals surface area contributed by atoms with Crippen molar-refractivity contribution in [3.63, 3.8) is 0 Å². The number of ketones is 1. The maximum Gasteiger partial charge on any atom is 0.416 e. The second-order valence-electron chi connectivity index (χ2n) is 6.73. The number of carbonyl (C=O) groups is 1. The highest BCUT2D eigenvalue weighted by Gasteiger charge is 2.30. The molecule has 0 spiro atoms. The number of benzene rings is 2. The lowest BCUT2D eigenvalue weighted by Crippen LogP contribution is -2.10. The van der Waals surface area contributed by atoms with Gasteiger partial charge in [0.15, 0.2) is 5.78 Å². The molecule has 0 bridgehead atoms. The van der Waals surface area contributed by atoms with Crippen molar-refractivity contribution in [3.8, 4) is 11.5 Å². The molecule has 10 heteroatoms. The van der Waals surface area contributed by atoms with Gasteiger partial charge < -0.3 is 14.8 Å². The summed E-state index contributed by atoms with van der Waals surface area (Å²) >= 11 is 5.97. The Kier molecular flexibility index (Phi) is 7.19.